The third kappa shape index (κ3) is 4.23. The topological polar surface area (TPSA) is 62.8 Å². The molecule has 0 unspecified atom stereocenters. The zero-order chi connectivity index (χ0) is 20.1. The van der Waals surface area contributed by atoms with Crippen molar-refractivity contribution in [3.05, 3.63) is 45.6 Å². The van der Waals surface area contributed by atoms with Crippen molar-refractivity contribution in [3.63, 3.8) is 0 Å². The van der Waals surface area contributed by atoms with Crippen molar-refractivity contribution in [2.45, 2.75) is 19.4 Å². The minimum absolute atomic E-state index is 0.0723. The van der Waals surface area contributed by atoms with Crippen molar-refractivity contribution < 1.29 is 14.3 Å². The highest BCUT2D eigenvalue weighted by atomic mass is 32.1. The largest absolute Gasteiger partial charge is 0.493 e. The summed E-state index contributed by atoms with van der Waals surface area (Å²) < 4.78 is 11.0. The predicted octanol–water partition coefficient (Wildman–Crippen LogP) is 2.99. The molecule has 2 heterocycles. The van der Waals surface area contributed by atoms with Gasteiger partial charge in [0.05, 0.1) is 25.1 Å². The van der Waals surface area contributed by atoms with Crippen molar-refractivity contribution in [1.29, 1.82) is 0 Å². The van der Waals surface area contributed by atoms with Gasteiger partial charge in [0.2, 0.25) is 0 Å². The van der Waals surface area contributed by atoms with Crippen LogP contribution in [0.3, 0.4) is 0 Å². The Kier molecular flexibility index (Phi) is 6.74. The number of rotatable bonds is 6. The number of hydrogen-bond donors (Lipinski definition) is 2. The first-order valence-electron chi connectivity index (χ1n) is 9.20. The lowest BCUT2D eigenvalue weighted by molar-refractivity contribution is 0.0946. The van der Waals surface area contributed by atoms with Gasteiger partial charge >= 0.3 is 0 Å². The highest BCUT2D eigenvalue weighted by Crippen LogP contribution is 2.38. The summed E-state index contributed by atoms with van der Waals surface area (Å²) in [7, 11) is 3.26. The molecule has 1 aromatic carbocycles. The van der Waals surface area contributed by atoms with Gasteiger partial charge in [-0.3, -0.25) is 4.79 Å². The van der Waals surface area contributed by atoms with E-state index in [1.165, 1.54) is 16.9 Å². The van der Waals surface area contributed by atoms with Gasteiger partial charge in [-0.2, -0.15) is 0 Å². The lowest BCUT2D eigenvalue weighted by Crippen LogP contribution is -2.48. The molecule has 0 aliphatic carbocycles. The molecule has 6 nitrogen and oxygen atoms in total. The number of nitrogens with one attached hydrogen (secondary N) is 2. The Labute approximate surface area is 174 Å². The van der Waals surface area contributed by atoms with Gasteiger partial charge in [-0.25, -0.2) is 0 Å². The van der Waals surface area contributed by atoms with Gasteiger partial charge in [0.25, 0.3) is 5.91 Å². The minimum Gasteiger partial charge on any atom is -0.493 e. The van der Waals surface area contributed by atoms with Crippen LogP contribution in [0.25, 0.3) is 0 Å². The fraction of sp³-hybridized carbons (Fsp3) is 0.400. The summed E-state index contributed by atoms with van der Waals surface area (Å²) in [5, 5.41) is 8.88. The number of methoxy groups -OCH3 is 2. The van der Waals surface area contributed by atoms with E-state index in [-0.39, 0.29) is 11.9 Å². The van der Waals surface area contributed by atoms with E-state index in [1.807, 2.05) is 36.6 Å². The molecule has 150 valence electrons. The van der Waals surface area contributed by atoms with Crippen LogP contribution in [-0.4, -0.2) is 49.8 Å². The molecule has 0 fully saturated rings. The van der Waals surface area contributed by atoms with Crippen molar-refractivity contribution >= 4 is 34.6 Å². The number of amides is 1. The maximum Gasteiger partial charge on any atom is 0.261 e. The number of nitrogens with zero attached hydrogens (tertiary/aromatic N) is 1. The van der Waals surface area contributed by atoms with E-state index < -0.39 is 0 Å². The minimum atomic E-state index is -0.0842. The van der Waals surface area contributed by atoms with Gasteiger partial charge in [0, 0.05) is 19.6 Å². The van der Waals surface area contributed by atoms with E-state index in [4.69, 9.17) is 21.7 Å². The average Bonchev–Trinajstić information content (AvgIpc) is 3.25. The number of hydrogen-bond acceptors (Lipinski definition) is 5. The van der Waals surface area contributed by atoms with E-state index >= 15 is 0 Å². The van der Waals surface area contributed by atoms with E-state index in [9.17, 15) is 4.79 Å². The number of fused-ring (bicyclic) bond motifs is 1. The second-order valence-corrected chi connectivity index (χ2v) is 7.72. The number of ether oxygens (including phenoxy) is 2. The fourth-order valence-corrected chi connectivity index (χ4v) is 4.43. The average molecular weight is 420 g/mol. The molecule has 0 radical (unpaired) electrons. The second-order valence-electron chi connectivity index (χ2n) is 6.39. The quantitative estimate of drug-likeness (QED) is 0.702. The molecule has 2 N–H and O–H groups in total. The summed E-state index contributed by atoms with van der Waals surface area (Å²) >= 11 is 7.03. The Morgan fingerprint density at radius 3 is 2.68 bits per heavy atom. The number of carbonyl (C=O) groups is 1. The molecular weight excluding hydrogens is 394 g/mol. The van der Waals surface area contributed by atoms with Gasteiger partial charge in [0.15, 0.2) is 16.6 Å². The van der Waals surface area contributed by atoms with E-state index in [2.05, 4.69) is 15.5 Å². The molecule has 28 heavy (non-hydrogen) atoms. The number of carbonyl (C=O) groups excluding carboxylic acids is 1. The van der Waals surface area contributed by atoms with Gasteiger partial charge < -0.3 is 25.0 Å². The lowest BCUT2D eigenvalue weighted by atomic mass is 9.92. The first-order chi connectivity index (χ1) is 13.6. The normalized spacial score (nSPS) is 15.5. The Balaban J connectivity index is 1.91. The van der Waals surface area contributed by atoms with Crippen molar-refractivity contribution in [2.24, 2.45) is 0 Å². The van der Waals surface area contributed by atoms with Crippen LogP contribution in [0.1, 0.15) is 33.8 Å². The van der Waals surface area contributed by atoms with Crippen LogP contribution < -0.4 is 20.1 Å². The lowest BCUT2D eigenvalue weighted by Gasteiger charge is -2.39. The Morgan fingerprint density at radius 2 is 2.04 bits per heavy atom. The molecule has 0 bridgehead atoms. The van der Waals surface area contributed by atoms with Crippen molar-refractivity contribution in [3.8, 4) is 11.5 Å². The zero-order valence-electron chi connectivity index (χ0n) is 16.3. The third-order valence-electron chi connectivity index (χ3n) is 4.79. The van der Waals surface area contributed by atoms with Crippen LogP contribution in [0.2, 0.25) is 0 Å². The number of thiocarbonyl (C=S) groups is 1. The predicted molar refractivity (Wildman–Crippen MR) is 116 cm³/mol. The van der Waals surface area contributed by atoms with E-state index in [1.54, 1.807) is 14.2 Å². The van der Waals surface area contributed by atoms with Crippen LogP contribution in [0.4, 0.5) is 0 Å². The molecule has 3 rings (SSSR count). The van der Waals surface area contributed by atoms with Gasteiger partial charge in [0.1, 0.15) is 0 Å². The summed E-state index contributed by atoms with van der Waals surface area (Å²) in [5.41, 5.74) is 2.28. The van der Waals surface area contributed by atoms with Gasteiger partial charge in [-0.1, -0.05) is 6.07 Å². The van der Waals surface area contributed by atoms with E-state index in [0.717, 1.165) is 25.1 Å². The molecule has 0 spiro atoms. The fourth-order valence-electron chi connectivity index (χ4n) is 3.43. The number of benzene rings is 1. The van der Waals surface area contributed by atoms with Crippen LogP contribution in [0, 0.1) is 0 Å². The third-order valence-corrected chi connectivity index (χ3v) is 6.04. The Hall–Kier alpha value is -2.32. The maximum absolute atomic E-state index is 12.5. The molecular formula is C20H25N3O3S2. The van der Waals surface area contributed by atoms with Gasteiger partial charge in [-0.05, 0) is 60.3 Å². The van der Waals surface area contributed by atoms with Crippen LogP contribution >= 0.6 is 23.6 Å². The molecule has 0 saturated carbocycles. The first-order valence-corrected chi connectivity index (χ1v) is 10.5. The molecule has 1 aliphatic rings. The molecule has 1 amide bonds. The van der Waals surface area contributed by atoms with Crippen LogP contribution in [0.5, 0.6) is 11.5 Å². The molecule has 1 atom stereocenters. The molecule has 1 aromatic heterocycles. The highest BCUT2D eigenvalue weighted by molar-refractivity contribution is 7.80. The second kappa shape index (κ2) is 9.25. The highest BCUT2D eigenvalue weighted by Gasteiger charge is 2.31. The SMILES string of the molecule is CCNC(=S)N1CCc2cc(OC)c(OC)cc2[C@H]1CNC(=O)c1cccs1. The molecule has 0 saturated heterocycles. The zero-order valence-corrected chi connectivity index (χ0v) is 17.9. The summed E-state index contributed by atoms with van der Waals surface area (Å²) in [6.45, 7) is 3.99. The van der Waals surface area contributed by atoms with Crippen molar-refractivity contribution in [1.82, 2.24) is 15.5 Å². The van der Waals surface area contributed by atoms with Crippen molar-refractivity contribution in [2.75, 3.05) is 33.9 Å². The molecule has 1 aliphatic heterocycles. The summed E-state index contributed by atoms with van der Waals surface area (Å²) in [6.07, 6.45) is 0.844. The summed E-state index contributed by atoms with van der Waals surface area (Å²) in [4.78, 5) is 15.3. The van der Waals surface area contributed by atoms with Gasteiger partial charge in [-0.15, -0.1) is 11.3 Å². The van der Waals surface area contributed by atoms with Crippen LogP contribution in [-0.2, 0) is 6.42 Å². The monoisotopic (exact) mass is 419 g/mol. The Bertz CT molecular complexity index is 839. The maximum atomic E-state index is 12.5. The molecule has 2 aromatic rings. The van der Waals surface area contributed by atoms with Crippen LogP contribution in [0.15, 0.2) is 29.6 Å². The standard InChI is InChI=1S/C20H25N3O3S2/c1-4-21-20(27)23-8-7-13-10-16(25-2)17(26-3)11-14(13)15(23)12-22-19(24)18-6-5-9-28-18/h5-6,9-11,15H,4,7-8,12H2,1-3H3,(H,21,27)(H,22,24)/t15-/m1/s1. The number of thiophene rings is 1. The summed E-state index contributed by atoms with van der Waals surface area (Å²) in [6, 6.07) is 7.63. The molecule has 8 heteroatoms. The first kappa shape index (κ1) is 20.4. The Morgan fingerprint density at radius 1 is 1.29 bits per heavy atom. The smallest absolute Gasteiger partial charge is 0.261 e. The summed E-state index contributed by atoms with van der Waals surface area (Å²) in [5.74, 6) is 1.31. The van der Waals surface area contributed by atoms with E-state index in [0.29, 0.717) is 28.0 Å².